The lowest BCUT2D eigenvalue weighted by Crippen LogP contribution is -2.48. The lowest BCUT2D eigenvalue weighted by atomic mass is 9.93. The highest BCUT2D eigenvalue weighted by atomic mass is 19.4. The molecule has 0 aromatic carbocycles. The first kappa shape index (κ1) is 17.1. The van der Waals surface area contributed by atoms with E-state index in [4.69, 9.17) is 0 Å². The van der Waals surface area contributed by atoms with Crippen LogP contribution in [0.1, 0.15) is 37.5 Å². The number of carbonyl (C=O) groups is 1. The molecule has 2 heterocycles. The second-order valence-corrected chi connectivity index (χ2v) is 6.42. The van der Waals surface area contributed by atoms with Crippen molar-refractivity contribution in [2.24, 2.45) is 5.92 Å². The van der Waals surface area contributed by atoms with Crippen molar-refractivity contribution >= 4 is 5.91 Å². The van der Waals surface area contributed by atoms with Gasteiger partial charge in [0.25, 0.3) is 0 Å². The van der Waals surface area contributed by atoms with Gasteiger partial charge in [-0.1, -0.05) is 0 Å². The third-order valence-electron chi connectivity index (χ3n) is 4.35. The molecule has 0 atom stereocenters. The third kappa shape index (κ3) is 4.22. The Morgan fingerprint density at radius 1 is 1.29 bits per heavy atom. The van der Waals surface area contributed by atoms with Crippen LogP contribution in [0.3, 0.4) is 0 Å². The van der Waals surface area contributed by atoms with E-state index < -0.39 is 17.7 Å². The lowest BCUT2D eigenvalue weighted by Gasteiger charge is -2.35. The second-order valence-electron chi connectivity index (χ2n) is 6.42. The molecule has 6 nitrogen and oxygen atoms in total. The number of aromatic nitrogens is 2. The van der Waals surface area contributed by atoms with Crippen molar-refractivity contribution in [1.29, 1.82) is 0 Å². The average molecular weight is 350 g/mol. The number of nitrogens with one attached hydrogen (secondary N) is 1. The number of hydrogen-bond acceptors (Lipinski definition) is 5. The van der Waals surface area contributed by atoms with Gasteiger partial charge in [-0.3, -0.25) is 9.69 Å². The summed E-state index contributed by atoms with van der Waals surface area (Å²) in [5, 5.41) is 8.97. The first-order valence-electron chi connectivity index (χ1n) is 7.84. The largest absolute Gasteiger partial charge is 0.470 e. The van der Waals surface area contributed by atoms with Gasteiger partial charge in [0.2, 0.25) is 11.8 Å². The van der Waals surface area contributed by atoms with E-state index in [-0.39, 0.29) is 43.6 Å². The zero-order valence-electron chi connectivity index (χ0n) is 12.9. The molecule has 0 spiro atoms. The molecule has 3 rings (SSSR count). The second kappa shape index (κ2) is 6.30. The highest BCUT2D eigenvalue weighted by molar-refractivity contribution is 5.80. The molecule has 1 aliphatic carbocycles. The van der Waals surface area contributed by atoms with Gasteiger partial charge in [0.15, 0.2) is 0 Å². The summed E-state index contributed by atoms with van der Waals surface area (Å²) in [6, 6.07) is 0. The van der Waals surface area contributed by atoms with Crippen molar-refractivity contribution in [2.75, 3.05) is 19.6 Å². The SMILES string of the molecule is O=C(NCC1(F)CCN(Cc2nnc(C(F)(F)F)o2)CC1)C1CC1. The van der Waals surface area contributed by atoms with Crippen LogP contribution in [0.25, 0.3) is 0 Å². The van der Waals surface area contributed by atoms with E-state index in [1.807, 2.05) is 0 Å². The van der Waals surface area contributed by atoms with E-state index >= 15 is 0 Å². The smallest absolute Gasteiger partial charge is 0.416 e. The minimum Gasteiger partial charge on any atom is -0.416 e. The van der Waals surface area contributed by atoms with Crippen molar-refractivity contribution < 1.29 is 26.8 Å². The predicted molar refractivity (Wildman–Crippen MR) is 73.4 cm³/mol. The van der Waals surface area contributed by atoms with Crippen molar-refractivity contribution in [2.45, 2.75) is 44.1 Å². The van der Waals surface area contributed by atoms with Gasteiger partial charge >= 0.3 is 12.1 Å². The summed E-state index contributed by atoms with van der Waals surface area (Å²) in [6.07, 6.45) is -2.55. The van der Waals surface area contributed by atoms with Crippen LogP contribution in [-0.4, -0.2) is 46.3 Å². The van der Waals surface area contributed by atoms with Crippen molar-refractivity contribution in [3.8, 4) is 0 Å². The van der Waals surface area contributed by atoms with Gasteiger partial charge in [-0.15, -0.1) is 10.2 Å². The topological polar surface area (TPSA) is 71.3 Å². The number of amides is 1. The van der Waals surface area contributed by atoms with Gasteiger partial charge in [-0.05, 0) is 25.7 Å². The normalized spacial score (nSPS) is 21.7. The van der Waals surface area contributed by atoms with Crippen LogP contribution in [-0.2, 0) is 17.5 Å². The van der Waals surface area contributed by atoms with Gasteiger partial charge in [-0.25, -0.2) is 4.39 Å². The molecule has 24 heavy (non-hydrogen) atoms. The minimum atomic E-state index is -4.67. The molecule has 1 N–H and O–H groups in total. The molecule has 134 valence electrons. The maximum atomic E-state index is 14.6. The van der Waals surface area contributed by atoms with Crippen molar-refractivity contribution in [3.05, 3.63) is 11.8 Å². The molecule has 1 saturated carbocycles. The highest BCUT2D eigenvalue weighted by Gasteiger charge is 2.39. The maximum Gasteiger partial charge on any atom is 0.470 e. The number of hydrogen-bond donors (Lipinski definition) is 1. The number of halogens is 4. The first-order valence-corrected chi connectivity index (χ1v) is 7.84. The Hall–Kier alpha value is -1.71. The Labute approximate surface area is 135 Å². The van der Waals surface area contributed by atoms with Crippen molar-refractivity contribution in [1.82, 2.24) is 20.4 Å². The van der Waals surface area contributed by atoms with E-state index in [9.17, 15) is 22.4 Å². The van der Waals surface area contributed by atoms with Gasteiger partial charge in [-0.2, -0.15) is 13.2 Å². The van der Waals surface area contributed by atoms with E-state index in [2.05, 4.69) is 19.9 Å². The van der Waals surface area contributed by atoms with Crippen LogP contribution in [0.5, 0.6) is 0 Å². The summed E-state index contributed by atoms with van der Waals surface area (Å²) in [5.41, 5.74) is -1.48. The molecule has 2 fully saturated rings. The third-order valence-corrected chi connectivity index (χ3v) is 4.35. The standard InChI is InChI=1S/C14H18F4N4O2/c15-13(8-19-11(23)9-1-2-9)3-5-22(6-4-13)7-10-20-21-12(24-10)14(16,17)18/h9H,1-8H2,(H,19,23). The molecule has 1 aromatic rings. The number of carbonyl (C=O) groups excluding carboxylic acids is 1. The van der Waals surface area contributed by atoms with E-state index in [1.54, 1.807) is 4.90 Å². The fourth-order valence-corrected chi connectivity index (χ4v) is 2.65. The number of rotatable bonds is 5. The van der Waals surface area contributed by atoms with Crippen LogP contribution in [0.2, 0.25) is 0 Å². The van der Waals surface area contributed by atoms with E-state index in [1.165, 1.54) is 0 Å². The maximum absolute atomic E-state index is 14.6. The quantitative estimate of drug-likeness (QED) is 0.822. The number of piperidine rings is 1. The minimum absolute atomic E-state index is 0.0189. The van der Waals surface area contributed by atoms with E-state index in [0.717, 1.165) is 12.8 Å². The van der Waals surface area contributed by atoms with Crippen LogP contribution in [0.4, 0.5) is 17.6 Å². The molecular weight excluding hydrogens is 332 g/mol. The zero-order valence-corrected chi connectivity index (χ0v) is 12.9. The predicted octanol–water partition coefficient (Wildman–Crippen LogP) is 1.92. The highest BCUT2D eigenvalue weighted by Crippen LogP contribution is 2.31. The Morgan fingerprint density at radius 3 is 2.50 bits per heavy atom. The van der Waals surface area contributed by atoms with Gasteiger partial charge < -0.3 is 9.73 Å². The summed E-state index contributed by atoms with van der Waals surface area (Å²) < 4.78 is 56.4. The molecule has 2 aliphatic rings. The molecule has 1 saturated heterocycles. The van der Waals surface area contributed by atoms with Crippen LogP contribution in [0.15, 0.2) is 4.42 Å². The summed E-state index contributed by atoms with van der Waals surface area (Å²) in [7, 11) is 0. The van der Waals surface area contributed by atoms with Gasteiger partial charge in [0.1, 0.15) is 5.67 Å². The van der Waals surface area contributed by atoms with Crippen LogP contribution in [0, 0.1) is 5.92 Å². The molecular formula is C14H18F4N4O2. The van der Waals surface area contributed by atoms with Crippen LogP contribution >= 0.6 is 0 Å². The Morgan fingerprint density at radius 2 is 1.96 bits per heavy atom. The Kier molecular flexibility index (Phi) is 4.50. The number of likely N-dealkylation sites (tertiary alicyclic amines) is 1. The summed E-state index contributed by atoms with van der Waals surface area (Å²) in [6.45, 7) is 0.724. The van der Waals surface area contributed by atoms with Crippen LogP contribution < -0.4 is 5.32 Å². The Balaban J connectivity index is 1.46. The molecule has 1 aromatic heterocycles. The van der Waals surface area contributed by atoms with E-state index in [0.29, 0.717) is 13.1 Å². The zero-order chi connectivity index (χ0) is 17.4. The number of alkyl halides is 4. The molecule has 1 amide bonds. The summed E-state index contributed by atoms with van der Waals surface area (Å²) in [5.74, 6) is -1.58. The Bertz CT molecular complexity index is 592. The van der Waals surface area contributed by atoms with Gasteiger partial charge in [0, 0.05) is 19.0 Å². The van der Waals surface area contributed by atoms with Crippen molar-refractivity contribution in [3.63, 3.8) is 0 Å². The number of nitrogens with zero attached hydrogens (tertiary/aromatic N) is 3. The molecule has 10 heteroatoms. The fourth-order valence-electron chi connectivity index (χ4n) is 2.65. The monoisotopic (exact) mass is 350 g/mol. The molecule has 0 radical (unpaired) electrons. The molecule has 0 unspecified atom stereocenters. The first-order chi connectivity index (χ1) is 11.3. The summed E-state index contributed by atoms with van der Waals surface area (Å²) in [4.78, 5) is 13.3. The van der Waals surface area contributed by atoms with Gasteiger partial charge in [0.05, 0.1) is 13.1 Å². The average Bonchev–Trinajstić information content (AvgIpc) is 3.26. The lowest BCUT2D eigenvalue weighted by molar-refractivity contribution is -0.157. The molecule has 0 bridgehead atoms. The summed E-state index contributed by atoms with van der Waals surface area (Å²) >= 11 is 0. The molecule has 1 aliphatic heterocycles. The fraction of sp³-hybridized carbons (Fsp3) is 0.786.